The van der Waals surface area contributed by atoms with Crippen molar-refractivity contribution in [2.24, 2.45) is 0 Å². The Hall–Kier alpha value is -4.39. The van der Waals surface area contributed by atoms with Gasteiger partial charge in [-0.25, -0.2) is 4.79 Å². The van der Waals surface area contributed by atoms with Gasteiger partial charge in [-0.1, -0.05) is 104 Å². The lowest BCUT2D eigenvalue weighted by Gasteiger charge is -2.28. The minimum Gasteiger partial charge on any atom is -0.444 e. The molecule has 0 unspecified atom stereocenters. The second kappa shape index (κ2) is 19.0. The van der Waals surface area contributed by atoms with Crippen molar-refractivity contribution in [3.05, 3.63) is 114 Å². The maximum Gasteiger partial charge on any atom is 0.408 e. The summed E-state index contributed by atoms with van der Waals surface area (Å²) < 4.78 is 5.18. The lowest BCUT2D eigenvalue weighted by atomic mass is 10.0. The molecular formula is C37H49N3O4. The van der Waals surface area contributed by atoms with Crippen molar-refractivity contribution in [3.8, 4) is 0 Å². The molecule has 44 heavy (non-hydrogen) atoms. The smallest absolute Gasteiger partial charge is 0.408 e. The number of nitrogens with zero attached hydrogens (tertiary/aromatic N) is 1. The van der Waals surface area contributed by atoms with Gasteiger partial charge in [-0.15, -0.1) is 0 Å². The molecule has 0 aliphatic carbocycles. The number of hydrogen-bond acceptors (Lipinski definition) is 4. The number of hydrogen-bond donors (Lipinski definition) is 2. The van der Waals surface area contributed by atoms with E-state index in [2.05, 4.69) is 35.8 Å². The monoisotopic (exact) mass is 599 g/mol. The van der Waals surface area contributed by atoms with Crippen molar-refractivity contribution in [1.29, 1.82) is 0 Å². The zero-order valence-corrected chi connectivity index (χ0v) is 27.1. The van der Waals surface area contributed by atoms with Crippen LogP contribution in [0.1, 0.15) is 64.2 Å². The van der Waals surface area contributed by atoms with Crippen molar-refractivity contribution < 1.29 is 19.1 Å². The van der Waals surface area contributed by atoms with Crippen LogP contribution < -0.4 is 15.5 Å². The molecule has 236 valence electrons. The molecule has 7 heteroatoms. The van der Waals surface area contributed by atoms with Crippen molar-refractivity contribution in [2.45, 2.75) is 78.9 Å². The third kappa shape index (κ3) is 13.7. The van der Waals surface area contributed by atoms with E-state index in [0.717, 1.165) is 30.5 Å². The van der Waals surface area contributed by atoms with Crippen LogP contribution in [-0.4, -0.2) is 42.6 Å². The summed E-state index contributed by atoms with van der Waals surface area (Å²) in [6, 6.07) is 27.8. The summed E-state index contributed by atoms with van der Waals surface area (Å²) in [5.41, 5.74) is 3.93. The molecule has 0 fully saturated rings. The number of alkyl carbamates (subject to hydrolysis) is 1. The van der Waals surface area contributed by atoms with Gasteiger partial charge in [-0.2, -0.15) is 0 Å². The Kier molecular flexibility index (Phi) is 15.5. The number of carbonyl (C=O) groups is 3. The van der Waals surface area contributed by atoms with Crippen molar-refractivity contribution in [3.63, 3.8) is 0 Å². The second-order valence-electron chi connectivity index (χ2n) is 11.3. The molecule has 1 aliphatic heterocycles. The van der Waals surface area contributed by atoms with Crippen LogP contribution >= 0.6 is 0 Å². The number of rotatable bonds is 8. The Morgan fingerprint density at radius 1 is 0.909 bits per heavy atom. The average molecular weight is 600 g/mol. The standard InChI is InChI=1S/C28H35N3O4.C7H8.C2H6/c1-28(2,3)35-27(34)29-20-25(32)30-23(16-15-21-10-5-4-6-11-21)17-18-26(33)31-19-9-13-22-12-7-8-14-24(22)31;1-7-5-3-2-4-6-7;1-2/h4-8,10-12,14,17-18,23H,9,13,15-16,19-20H2,1-3H3,(H,29,34)(H,30,32);2-6H,1H3;1-2H3/b18-17+;;/t23-;;/m0../s1. The Labute approximate surface area is 263 Å². The van der Waals surface area contributed by atoms with E-state index in [9.17, 15) is 14.4 Å². The second-order valence-corrected chi connectivity index (χ2v) is 11.3. The van der Waals surface area contributed by atoms with Crippen LogP contribution in [0, 0.1) is 6.92 Å². The number of para-hydroxylation sites is 1. The molecule has 0 saturated heterocycles. The highest BCUT2D eigenvalue weighted by Gasteiger charge is 2.21. The van der Waals surface area contributed by atoms with Crippen molar-refractivity contribution in [1.82, 2.24) is 10.6 Å². The van der Waals surface area contributed by atoms with Gasteiger partial charge in [0.2, 0.25) is 5.91 Å². The molecule has 1 aliphatic rings. The van der Waals surface area contributed by atoms with Crippen LogP contribution in [0.3, 0.4) is 0 Å². The van der Waals surface area contributed by atoms with Gasteiger partial charge in [0.25, 0.3) is 5.91 Å². The van der Waals surface area contributed by atoms with Gasteiger partial charge < -0.3 is 20.3 Å². The van der Waals surface area contributed by atoms with Crippen LogP contribution in [-0.2, 0) is 27.2 Å². The van der Waals surface area contributed by atoms with E-state index in [0.29, 0.717) is 13.0 Å². The molecule has 0 saturated carbocycles. The van der Waals surface area contributed by atoms with Crippen LogP contribution in [0.15, 0.2) is 97.1 Å². The highest BCUT2D eigenvalue weighted by atomic mass is 16.6. The summed E-state index contributed by atoms with van der Waals surface area (Å²) in [6.45, 7) is 11.8. The average Bonchev–Trinajstić information content (AvgIpc) is 3.02. The molecular weight excluding hydrogens is 550 g/mol. The Balaban J connectivity index is 0.000000649. The Bertz CT molecular complexity index is 1320. The first-order valence-electron chi connectivity index (χ1n) is 15.5. The van der Waals surface area contributed by atoms with Gasteiger partial charge in [0.1, 0.15) is 12.1 Å². The molecule has 7 nitrogen and oxygen atoms in total. The lowest BCUT2D eigenvalue weighted by Crippen LogP contribution is -2.43. The maximum atomic E-state index is 13.0. The van der Waals surface area contributed by atoms with Crippen molar-refractivity contribution in [2.75, 3.05) is 18.0 Å². The predicted octanol–water partition coefficient (Wildman–Crippen LogP) is 7.19. The molecule has 3 aromatic carbocycles. The topological polar surface area (TPSA) is 87.7 Å². The molecule has 3 amide bonds. The Morgan fingerprint density at radius 2 is 1.52 bits per heavy atom. The summed E-state index contributed by atoms with van der Waals surface area (Å²) in [5, 5.41) is 5.39. The normalized spacial score (nSPS) is 12.8. The van der Waals surface area contributed by atoms with E-state index >= 15 is 0 Å². The van der Waals surface area contributed by atoms with Gasteiger partial charge in [0.15, 0.2) is 0 Å². The van der Waals surface area contributed by atoms with Crippen LogP contribution in [0.2, 0.25) is 0 Å². The van der Waals surface area contributed by atoms with Gasteiger partial charge >= 0.3 is 6.09 Å². The summed E-state index contributed by atoms with van der Waals surface area (Å²) >= 11 is 0. The summed E-state index contributed by atoms with van der Waals surface area (Å²) in [6.07, 6.45) is 5.86. The van der Waals surface area contributed by atoms with Crippen LogP contribution in [0.5, 0.6) is 0 Å². The fourth-order valence-corrected chi connectivity index (χ4v) is 4.49. The first kappa shape index (κ1) is 35.8. The van der Waals surface area contributed by atoms with E-state index in [1.54, 1.807) is 37.8 Å². The Morgan fingerprint density at radius 3 is 2.14 bits per heavy atom. The number of nitrogens with one attached hydrogen (secondary N) is 2. The first-order valence-corrected chi connectivity index (χ1v) is 15.5. The predicted molar refractivity (Wildman–Crippen MR) is 180 cm³/mol. The molecule has 0 radical (unpaired) electrons. The fraction of sp³-hybridized carbons (Fsp3) is 0.378. The molecule has 0 spiro atoms. The fourth-order valence-electron chi connectivity index (χ4n) is 4.49. The third-order valence-electron chi connectivity index (χ3n) is 6.51. The van der Waals surface area contributed by atoms with Gasteiger partial charge in [-0.05, 0) is 70.6 Å². The number of benzene rings is 3. The molecule has 0 aromatic heterocycles. The molecule has 2 N–H and O–H groups in total. The van der Waals surface area contributed by atoms with Crippen LogP contribution in [0.25, 0.3) is 0 Å². The minimum absolute atomic E-state index is 0.108. The third-order valence-corrected chi connectivity index (χ3v) is 6.51. The van der Waals surface area contributed by atoms with E-state index in [1.807, 2.05) is 80.6 Å². The number of ether oxygens (including phenoxy) is 1. The van der Waals surface area contributed by atoms with Gasteiger partial charge in [-0.3, -0.25) is 9.59 Å². The van der Waals surface area contributed by atoms with E-state index in [4.69, 9.17) is 4.74 Å². The van der Waals surface area contributed by atoms with E-state index < -0.39 is 11.7 Å². The number of fused-ring (bicyclic) bond motifs is 1. The largest absolute Gasteiger partial charge is 0.444 e. The molecule has 1 heterocycles. The summed E-state index contributed by atoms with van der Waals surface area (Å²) in [5.74, 6) is -0.461. The van der Waals surface area contributed by atoms with E-state index in [1.165, 1.54) is 11.1 Å². The highest BCUT2D eigenvalue weighted by molar-refractivity contribution is 6.02. The number of anilines is 1. The maximum absolute atomic E-state index is 13.0. The summed E-state index contributed by atoms with van der Waals surface area (Å²) in [4.78, 5) is 39.2. The van der Waals surface area contributed by atoms with Gasteiger partial charge in [0, 0.05) is 24.4 Å². The van der Waals surface area contributed by atoms with Crippen molar-refractivity contribution >= 4 is 23.6 Å². The molecule has 3 aromatic rings. The molecule has 4 rings (SSSR count). The quantitative estimate of drug-likeness (QED) is 0.269. The number of amides is 3. The van der Waals surface area contributed by atoms with Crippen LogP contribution in [0.4, 0.5) is 10.5 Å². The van der Waals surface area contributed by atoms with E-state index in [-0.39, 0.29) is 24.4 Å². The number of aryl methyl sites for hydroxylation is 3. The SMILES string of the molecule is CC.CC(C)(C)OC(=O)NCC(=O)N[C@H](/C=C/C(=O)N1CCCc2ccccc21)CCc1ccccc1.Cc1ccccc1. The minimum atomic E-state index is -0.650. The highest BCUT2D eigenvalue weighted by Crippen LogP contribution is 2.26. The summed E-state index contributed by atoms with van der Waals surface area (Å²) in [7, 11) is 0. The zero-order valence-electron chi connectivity index (χ0n) is 27.1. The van der Waals surface area contributed by atoms with Gasteiger partial charge in [0.05, 0.1) is 0 Å². The lowest BCUT2D eigenvalue weighted by molar-refractivity contribution is -0.120. The zero-order chi connectivity index (χ0) is 32.4. The molecule has 1 atom stereocenters. The first-order chi connectivity index (χ1) is 21.1. The molecule has 0 bridgehead atoms. The number of carbonyl (C=O) groups excluding carboxylic acids is 3.